The van der Waals surface area contributed by atoms with E-state index in [9.17, 15) is 4.79 Å². The molecule has 0 unspecified atom stereocenters. The van der Waals surface area contributed by atoms with Crippen LogP contribution in [0.3, 0.4) is 0 Å². The zero-order chi connectivity index (χ0) is 8.43. The number of hydrazine groups is 1. The van der Waals surface area contributed by atoms with E-state index >= 15 is 0 Å². The topological polar surface area (TPSA) is 72.9 Å². The number of rotatable bonds is 1. The van der Waals surface area contributed by atoms with E-state index in [1.807, 2.05) is 28.0 Å². The lowest BCUT2D eigenvalue weighted by Gasteiger charge is -1.99. The van der Waals surface area contributed by atoms with Gasteiger partial charge in [0.1, 0.15) is 5.69 Å². The molecule has 0 saturated heterocycles. The van der Waals surface area contributed by atoms with Crippen molar-refractivity contribution in [3.8, 4) is 0 Å². The number of aromatic nitrogens is 2. The van der Waals surface area contributed by atoms with Gasteiger partial charge in [0.2, 0.25) is 0 Å². The minimum atomic E-state index is -0.325. The quantitative estimate of drug-likeness (QED) is 0.315. The first-order valence-electron chi connectivity index (χ1n) is 2.85. The third-order valence-electron chi connectivity index (χ3n) is 1.24. The van der Waals surface area contributed by atoms with Crippen LogP contribution in [0.4, 0.5) is 0 Å². The fourth-order valence-electron chi connectivity index (χ4n) is 0.735. The van der Waals surface area contributed by atoms with Crippen LogP contribution in [0, 0.1) is 3.57 Å². The number of nitrogen functional groups attached to an aromatic ring is 1. The lowest BCUT2D eigenvalue weighted by molar-refractivity contribution is 0.0943. The fraction of sp³-hybridized carbons (Fsp3) is 0.200. The Morgan fingerprint density at radius 1 is 1.91 bits per heavy atom. The van der Waals surface area contributed by atoms with Crippen LogP contribution < -0.4 is 11.3 Å². The van der Waals surface area contributed by atoms with E-state index in [-0.39, 0.29) is 5.91 Å². The summed E-state index contributed by atoms with van der Waals surface area (Å²) < 4.78 is 2.26. The molecule has 1 aromatic rings. The number of nitrogens with zero attached hydrogens (tertiary/aromatic N) is 2. The largest absolute Gasteiger partial charge is 0.289 e. The monoisotopic (exact) mass is 266 g/mol. The summed E-state index contributed by atoms with van der Waals surface area (Å²) in [5, 5.41) is 3.88. The van der Waals surface area contributed by atoms with Gasteiger partial charge in [0.15, 0.2) is 0 Å². The van der Waals surface area contributed by atoms with Gasteiger partial charge < -0.3 is 0 Å². The van der Waals surface area contributed by atoms with Crippen molar-refractivity contribution in [2.45, 2.75) is 0 Å². The van der Waals surface area contributed by atoms with Gasteiger partial charge in [-0.2, -0.15) is 5.10 Å². The smallest absolute Gasteiger partial charge is 0.284 e. The van der Waals surface area contributed by atoms with Gasteiger partial charge in [-0.05, 0) is 22.6 Å². The molecule has 0 aliphatic carbocycles. The van der Waals surface area contributed by atoms with Crippen LogP contribution in [-0.2, 0) is 7.05 Å². The Morgan fingerprint density at radius 2 is 2.55 bits per heavy atom. The Labute approximate surface area is 77.1 Å². The van der Waals surface area contributed by atoms with E-state index in [0.717, 1.165) is 3.57 Å². The summed E-state index contributed by atoms with van der Waals surface area (Å²) in [7, 11) is 1.69. The third kappa shape index (κ3) is 1.51. The van der Waals surface area contributed by atoms with Gasteiger partial charge in [0.25, 0.3) is 5.91 Å². The molecule has 0 aliphatic rings. The Bertz CT molecular complexity index is 263. The maximum atomic E-state index is 11.0. The first-order valence-corrected chi connectivity index (χ1v) is 3.93. The first kappa shape index (κ1) is 8.47. The molecule has 0 atom stereocenters. The second-order valence-electron chi connectivity index (χ2n) is 1.94. The molecular weight excluding hydrogens is 259 g/mol. The van der Waals surface area contributed by atoms with Gasteiger partial charge >= 0.3 is 0 Å². The Kier molecular flexibility index (Phi) is 2.45. The van der Waals surface area contributed by atoms with E-state index in [1.165, 1.54) is 4.68 Å². The van der Waals surface area contributed by atoms with Gasteiger partial charge in [-0.15, -0.1) is 0 Å². The molecule has 1 rings (SSSR count). The summed E-state index contributed by atoms with van der Waals surface area (Å²) in [5.41, 5.74) is 2.52. The molecule has 6 heteroatoms. The average Bonchev–Trinajstić information content (AvgIpc) is 2.30. The molecule has 5 nitrogen and oxygen atoms in total. The van der Waals surface area contributed by atoms with Crippen LogP contribution in [0.25, 0.3) is 0 Å². The second kappa shape index (κ2) is 3.18. The molecule has 60 valence electrons. The third-order valence-corrected chi connectivity index (χ3v) is 2.03. The molecule has 0 radical (unpaired) electrons. The van der Waals surface area contributed by atoms with Crippen molar-refractivity contribution < 1.29 is 4.79 Å². The lowest BCUT2D eigenvalue weighted by Crippen LogP contribution is -2.32. The summed E-state index contributed by atoms with van der Waals surface area (Å²) in [6.07, 6.45) is 1.60. The Morgan fingerprint density at radius 3 is 2.91 bits per heavy atom. The van der Waals surface area contributed by atoms with Crippen molar-refractivity contribution >= 4 is 28.5 Å². The lowest BCUT2D eigenvalue weighted by atomic mass is 10.4. The highest BCUT2D eigenvalue weighted by Crippen LogP contribution is 2.09. The van der Waals surface area contributed by atoms with Gasteiger partial charge in [-0.3, -0.25) is 14.9 Å². The van der Waals surface area contributed by atoms with Crippen molar-refractivity contribution in [1.29, 1.82) is 0 Å². The van der Waals surface area contributed by atoms with E-state index < -0.39 is 0 Å². The molecule has 0 aromatic carbocycles. The van der Waals surface area contributed by atoms with Crippen LogP contribution >= 0.6 is 22.6 Å². The molecular formula is C5H7IN4O. The zero-order valence-corrected chi connectivity index (χ0v) is 7.99. The van der Waals surface area contributed by atoms with E-state index in [2.05, 4.69) is 5.10 Å². The molecule has 11 heavy (non-hydrogen) atoms. The minimum absolute atomic E-state index is 0.325. The molecule has 0 fully saturated rings. The number of amides is 1. The highest BCUT2D eigenvalue weighted by atomic mass is 127. The Hall–Kier alpha value is -0.630. The molecule has 1 heterocycles. The highest BCUT2D eigenvalue weighted by Gasteiger charge is 2.12. The Balaban J connectivity index is 3.10. The molecule has 0 bridgehead atoms. The van der Waals surface area contributed by atoms with E-state index in [4.69, 9.17) is 5.84 Å². The van der Waals surface area contributed by atoms with Crippen molar-refractivity contribution in [3.05, 3.63) is 15.5 Å². The molecule has 3 N–H and O–H groups in total. The summed E-state index contributed by atoms with van der Waals surface area (Å²) in [6, 6.07) is 0. The maximum absolute atomic E-state index is 11.0. The number of aryl methyl sites for hydroxylation is 1. The maximum Gasteiger partial charge on any atom is 0.284 e. The number of hydrogen-bond donors (Lipinski definition) is 2. The van der Waals surface area contributed by atoms with Crippen LogP contribution in [0.5, 0.6) is 0 Å². The predicted molar refractivity (Wildman–Crippen MR) is 47.6 cm³/mol. The second-order valence-corrected chi connectivity index (χ2v) is 3.10. The molecule has 0 spiro atoms. The van der Waals surface area contributed by atoms with E-state index in [1.54, 1.807) is 13.2 Å². The number of carbonyl (C=O) groups is 1. The van der Waals surface area contributed by atoms with Crippen LogP contribution in [0.2, 0.25) is 0 Å². The molecule has 0 saturated carbocycles. The van der Waals surface area contributed by atoms with Crippen LogP contribution in [-0.4, -0.2) is 15.7 Å². The fourth-order valence-corrected chi connectivity index (χ4v) is 1.45. The van der Waals surface area contributed by atoms with Crippen molar-refractivity contribution in [2.24, 2.45) is 12.9 Å². The molecule has 0 aliphatic heterocycles. The van der Waals surface area contributed by atoms with Crippen molar-refractivity contribution in [2.75, 3.05) is 0 Å². The zero-order valence-electron chi connectivity index (χ0n) is 5.84. The van der Waals surface area contributed by atoms with Gasteiger partial charge in [0, 0.05) is 7.05 Å². The van der Waals surface area contributed by atoms with Gasteiger partial charge in [0.05, 0.1) is 9.77 Å². The normalized spacial score (nSPS) is 9.73. The number of halogens is 1. The SMILES string of the molecule is Cn1ncc(I)c1C(=O)NN. The molecule has 1 amide bonds. The van der Waals surface area contributed by atoms with Crippen LogP contribution in [0.15, 0.2) is 6.20 Å². The van der Waals surface area contributed by atoms with Gasteiger partial charge in [-0.25, -0.2) is 5.84 Å². The number of nitrogens with one attached hydrogen (secondary N) is 1. The van der Waals surface area contributed by atoms with E-state index in [0.29, 0.717) is 5.69 Å². The van der Waals surface area contributed by atoms with Crippen molar-refractivity contribution in [3.63, 3.8) is 0 Å². The standard InChI is InChI=1S/C5H7IN4O/c1-10-4(5(11)9-7)3(6)2-8-10/h2H,7H2,1H3,(H,9,11). The number of hydrogen-bond acceptors (Lipinski definition) is 3. The first-order chi connectivity index (χ1) is 5.16. The van der Waals surface area contributed by atoms with Crippen molar-refractivity contribution in [1.82, 2.24) is 15.2 Å². The summed E-state index contributed by atoms with van der Waals surface area (Å²) in [6.45, 7) is 0. The summed E-state index contributed by atoms with van der Waals surface area (Å²) in [4.78, 5) is 11.0. The number of carbonyl (C=O) groups excluding carboxylic acids is 1. The van der Waals surface area contributed by atoms with Gasteiger partial charge in [-0.1, -0.05) is 0 Å². The minimum Gasteiger partial charge on any atom is -0.289 e. The molecule has 1 aromatic heterocycles. The highest BCUT2D eigenvalue weighted by molar-refractivity contribution is 14.1. The average molecular weight is 266 g/mol. The van der Waals surface area contributed by atoms with Crippen LogP contribution in [0.1, 0.15) is 10.5 Å². The summed E-state index contributed by atoms with van der Waals surface area (Å²) >= 11 is 2.02. The predicted octanol–water partition coefficient (Wildman–Crippen LogP) is -0.372. The summed E-state index contributed by atoms with van der Waals surface area (Å²) in [5.74, 6) is 4.63. The number of nitrogens with two attached hydrogens (primary N) is 1.